The van der Waals surface area contributed by atoms with E-state index < -0.39 is 86.7 Å². The van der Waals surface area contributed by atoms with Crippen LogP contribution in [0, 0.1) is 86.4 Å². The van der Waals surface area contributed by atoms with Crippen LogP contribution in [0.3, 0.4) is 0 Å². The van der Waals surface area contributed by atoms with Crippen molar-refractivity contribution in [2.45, 2.75) is 196 Å². The molecule has 3 unspecified atom stereocenters. The maximum atomic E-state index is 14.2. The third-order valence-corrected chi connectivity index (χ3v) is 23.2. The third-order valence-electron chi connectivity index (χ3n) is 23.2. The Morgan fingerprint density at radius 2 is 0.717 bits per heavy atom. The molecule has 4 aromatic carbocycles. The van der Waals surface area contributed by atoms with Crippen LogP contribution in [0.5, 0.6) is 0 Å². The number of fused-ring (bicyclic) bond motifs is 6. The molecule has 16 nitrogen and oxygen atoms in total. The average Bonchev–Trinajstić information content (AvgIpc) is 1.59. The second kappa shape index (κ2) is 29.5. The van der Waals surface area contributed by atoms with Crippen LogP contribution in [0.1, 0.15) is 138 Å². The van der Waals surface area contributed by atoms with Crippen LogP contribution in [0.15, 0.2) is 66.7 Å². The first kappa shape index (κ1) is 73.1. The molecule has 6 N–H and O–H groups in total. The first-order valence-corrected chi connectivity index (χ1v) is 34.9. The summed E-state index contributed by atoms with van der Waals surface area (Å²) in [4.78, 5) is 90.0. The molecule has 3 aliphatic carbocycles. The molecule has 538 valence electrons. The van der Waals surface area contributed by atoms with Gasteiger partial charge in [0, 0.05) is 121 Å². The van der Waals surface area contributed by atoms with Crippen LogP contribution in [-0.2, 0) is 59.3 Å². The number of hydrogen-bond donors (Lipinski definition) is 3. The zero-order valence-corrected chi connectivity index (χ0v) is 56.9. The molecule has 0 radical (unpaired) electrons. The average molecular weight is 1390 g/mol. The van der Waals surface area contributed by atoms with Gasteiger partial charge in [0.15, 0.2) is 34.9 Å². The van der Waals surface area contributed by atoms with Gasteiger partial charge in [-0.2, -0.15) is 0 Å². The summed E-state index contributed by atoms with van der Waals surface area (Å²) in [6.45, 7) is 1.31. The highest BCUT2D eigenvalue weighted by Gasteiger charge is 2.64. The number of carbonyl (C=O) groups excluding carboxylic acids is 6. The van der Waals surface area contributed by atoms with Gasteiger partial charge < -0.3 is 51.3 Å². The van der Waals surface area contributed by atoms with Gasteiger partial charge in [-0.25, -0.2) is 39.5 Å². The van der Waals surface area contributed by atoms with E-state index >= 15 is 0 Å². The molecule has 0 spiro atoms. The number of hydrogen-bond acceptors (Lipinski definition) is 10. The largest absolute Gasteiger partial charge is 0.383 e. The minimum Gasteiger partial charge on any atom is -0.383 e. The highest BCUT2D eigenvalue weighted by atomic mass is 19.2. The van der Waals surface area contributed by atoms with E-state index in [1.165, 1.54) is 4.90 Å². The Morgan fingerprint density at radius 1 is 0.434 bits per heavy atom. The maximum Gasteiger partial charge on any atom is 0.238 e. The first-order chi connectivity index (χ1) is 47.0. The molecular weight excluding hydrogens is 1300 g/mol. The summed E-state index contributed by atoms with van der Waals surface area (Å²) >= 11 is 0. The molecule has 9 aliphatic rings. The lowest BCUT2D eigenvalue weighted by molar-refractivity contribution is -0.154. The van der Waals surface area contributed by atoms with E-state index in [4.69, 9.17) is 21.9 Å². The standard InChI is InChI=1S/C28H32F3N3O2.C24H32F3N3O3.C22H28F3N3O2/c1-33(16-17-5-3-2-4-6-17)26(35)28(9-10-28)27(36)34-20-7-8-21(34)12-19(11-20)25(32)14-18-13-23(30)24(31)15-22(18)29;1-29(7-8-33-2)22(31)24(5-6-24)23(32)30-16-3-4-17(30)10-15(9-16)21(28)12-14-11-19(26)20(27)13-18(14)25;1-27(2)20(29)22(5-6-22)21(30)28-14-3-4-15(28)8-13(7-14)19(26)10-12-9-17(24)18(25)11-16(12)23/h2-6,13,15,19-21,25H,7-12,14,16,32H2,1H3;11,13,15-17,21H,3-10,12,28H2,1-2H3;9,11,13-15,19H,3-8,10,26H2,1-2H3/t19?,20-,21+,25-;15?,16-,17+,21-;13?,14-,15+,19-/m111/s1. The van der Waals surface area contributed by atoms with Gasteiger partial charge in [-0.3, -0.25) is 28.8 Å². The Kier molecular flexibility index (Phi) is 21.8. The molecule has 99 heavy (non-hydrogen) atoms. The van der Waals surface area contributed by atoms with Crippen LogP contribution in [0.2, 0.25) is 0 Å². The summed E-state index contributed by atoms with van der Waals surface area (Å²) in [5, 5.41) is 0. The van der Waals surface area contributed by atoms with Crippen molar-refractivity contribution in [3.63, 3.8) is 0 Å². The molecule has 6 heterocycles. The van der Waals surface area contributed by atoms with Crippen molar-refractivity contribution < 1.29 is 73.0 Å². The van der Waals surface area contributed by atoms with E-state index in [0.717, 1.165) is 62.3 Å². The van der Waals surface area contributed by atoms with Gasteiger partial charge >= 0.3 is 0 Å². The summed E-state index contributed by atoms with van der Waals surface area (Å²) in [5.41, 5.74) is 17.6. The van der Waals surface area contributed by atoms with E-state index in [-0.39, 0.29) is 125 Å². The smallest absolute Gasteiger partial charge is 0.238 e. The van der Waals surface area contributed by atoms with Gasteiger partial charge in [-0.05, 0) is 193 Å². The summed E-state index contributed by atoms with van der Waals surface area (Å²) < 4.78 is 128. The van der Waals surface area contributed by atoms with Crippen LogP contribution >= 0.6 is 0 Å². The number of amides is 6. The quantitative estimate of drug-likeness (QED) is 0.0434. The lowest BCUT2D eigenvalue weighted by Crippen LogP contribution is -2.55. The Balaban J connectivity index is 0.000000151. The van der Waals surface area contributed by atoms with Crippen LogP contribution in [0.25, 0.3) is 0 Å². The van der Waals surface area contributed by atoms with Crippen molar-refractivity contribution in [1.29, 1.82) is 0 Å². The molecular formula is C74H92F9N9O7. The van der Waals surface area contributed by atoms with Crippen molar-refractivity contribution in [2.75, 3.05) is 48.5 Å². The lowest BCUT2D eigenvalue weighted by Gasteiger charge is -2.42. The topological polar surface area (TPSA) is 209 Å². The minimum absolute atomic E-state index is 0.00310. The summed E-state index contributed by atoms with van der Waals surface area (Å²) in [5.74, 6) is -9.77. The molecule has 3 saturated carbocycles. The van der Waals surface area contributed by atoms with Crippen LogP contribution in [-0.4, -0.2) is 168 Å². The Morgan fingerprint density at radius 3 is 1.00 bits per heavy atom. The SMILES string of the molecule is CN(C)C(=O)C1(C(=O)N2[C@@H]3CC[C@H]2CC([C@H](N)Cc2cc(F)c(F)cc2F)C3)CC1.CN(Cc1ccccc1)C(=O)C1(C(=O)N2[C@@H]3CC[C@H]2CC([C@H](N)Cc2cc(F)c(F)cc2F)C3)CC1.COCCN(C)C(=O)C1(C(=O)N2[C@@H]3CC[C@H]2CC([C@H](N)Cc2cc(F)c(F)cc2F)C3)CC1. The zero-order chi connectivity index (χ0) is 71.3. The molecule has 12 atom stereocenters. The number of carbonyl (C=O) groups is 6. The monoisotopic (exact) mass is 1390 g/mol. The number of rotatable bonds is 20. The third kappa shape index (κ3) is 15.0. The molecule has 6 amide bonds. The van der Waals surface area contributed by atoms with Crippen molar-refractivity contribution in [2.24, 2.45) is 51.2 Å². The van der Waals surface area contributed by atoms with Gasteiger partial charge in [-0.15, -0.1) is 0 Å². The van der Waals surface area contributed by atoms with Crippen molar-refractivity contribution >= 4 is 35.4 Å². The fraction of sp³-hybridized carbons (Fsp3) is 0.595. The van der Waals surface area contributed by atoms with Crippen molar-refractivity contribution in [3.8, 4) is 0 Å². The van der Waals surface area contributed by atoms with E-state index in [2.05, 4.69) is 0 Å². The fourth-order valence-corrected chi connectivity index (χ4v) is 17.2. The summed E-state index contributed by atoms with van der Waals surface area (Å²) in [7, 11) is 8.37. The van der Waals surface area contributed by atoms with E-state index in [0.29, 0.717) is 115 Å². The van der Waals surface area contributed by atoms with E-state index in [1.54, 1.807) is 45.1 Å². The second-order valence-electron chi connectivity index (χ2n) is 30.0. The number of methoxy groups -OCH3 is 1. The van der Waals surface area contributed by atoms with Gasteiger partial charge in [0.2, 0.25) is 35.4 Å². The highest BCUT2D eigenvalue weighted by Crippen LogP contribution is 2.55. The highest BCUT2D eigenvalue weighted by molar-refractivity contribution is 6.09. The van der Waals surface area contributed by atoms with E-state index in [1.807, 2.05) is 45.0 Å². The number of nitrogens with two attached hydrogens (primary N) is 3. The molecule has 6 saturated heterocycles. The predicted octanol–water partition coefficient (Wildman–Crippen LogP) is 9.42. The Hall–Kier alpha value is -7.09. The maximum absolute atomic E-state index is 14.2. The fourth-order valence-electron chi connectivity index (χ4n) is 17.2. The van der Waals surface area contributed by atoms with E-state index in [9.17, 15) is 68.3 Å². The molecule has 25 heteroatoms. The normalized spacial score (nSPS) is 26.2. The number of piperidine rings is 3. The first-order valence-electron chi connectivity index (χ1n) is 34.9. The minimum atomic E-state index is -1.22. The zero-order valence-electron chi connectivity index (χ0n) is 56.9. The second-order valence-corrected chi connectivity index (χ2v) is 30.0. The molecule has 6 bridgehead atoms. The molecule has 13 rings (SSSR count). The van der Waals surface area contributed by atoms with Gasteiger partial charge in [0.25, 0.3) is 0 Å². The molecule has 9 fully saturated rings. The van der Waals surface area contributed by atoms with Crippen molar-refractivity contribution in [3.05, 3.63) is 141 Å². The number of benzene rings is 4. The van der Waals surface area contributed by atoms with Gasteiger partial charge in [-0.1, -0.05) is 30.3 Å². The number of ether oxygens (including phenoxy) is 1. The van der Waals surface area contributed by atoms with Gasteiger partial charge in [0.05, 0.1) is 6.61 Å². The molecule has 4 aromatic rings. The molecule has 0 aromatic heterocycles. The molecule has 6 aliphatic heterocycles. The van der Waals surface area contributed by atoms with Crippen LogP contribution < -0.4 is 17.2 Å². The summed E-state index contributed by atoms with van der Waals surface area (Å²) in [6.07, 6.45) is 12.9. The number of halogens is 9. The number of likely N-dealkylation sites (N-methyl/N-ethyl adjacent to an activating group) is 1. The van der Waals surface area contributed by atoms with Crippen LogP contribution in [0.4, 0.5) is 39.5 Å². The van der Waals surface area contributed by atoms with Crippen molar-refractivity contribution in [1.82, 2.24) is 29.4 Å². The van der Waals surface area contributed by atoms with Gasteiger partial charge in [0.1, 0.15) is 33.7 Å². The Labute approximate surface area is 572 Å². The Bertz CT molecular complexity index is 3650. The lowest BCUT2D eigenvalue weighted by atomic mass is 9.82. The summed E-state index contributed by atoms with van der Waals surface area (Å²) in [6, 6.07) is 12.8. The number of nitrogens with zero attached hydrogens (tertiary/aromatic N) is 6. The predicted molar refractivity (Wildman–Crippen MR) is 349 cm³/mol.